The number of amides is 2. The fraction of sp³-hybridized carbons (Fsp3) is 0.550. The van der Waals surface area contributed by atoms with E-state index in [4.69, 9.17) is 0 Å². The number of nitrogens with one attached hydrogen (secondary N) is 2. The number of H-pyrrole nitrogens is 1. The first-order valence-electron chi connectivity index (χ1n) is 9.58. The van der Waals surface area contributed by atoms with E-state index in [0.717, 1.165) is 32.5 Å². The largest absolute Gasteiger partial charge is 0.350 e. The minimum absolute atomic E-state index is 0.0674. The van der Waals surface area contributed by atoms with E-state index in [-0.39, 0.29) is 12.1 Å². The average Bonchev–Trinajstić information content (AvgIpc) is 2.94. The van der Waals surface area contributed by atoms with E-state index in [0.29, 0.717) is 12.0 Å². The molecule has 1 aliphatic heterocycles. The molecular weight excluding hydrogens is 439 g/mol. The third kappa shape index (κ3) is 2.91. The van der Waals surface area contributed by atoms with Gasteiger partial charge in [0.2, 0.25) is 0 Å². The number of piperidine rings is 1. The molecule has 0 radical (unpaired) electrons. The first-order valence-corrected chi connectivity index (χ1v) is 10.7. The van der Waals surface area contributed by atoms with Gasteiger partial charge in [0.1, 0.15) is 0 Å². The molecule has 1 unspecified atom stereocenters. The highest BCUT2D eigenvalue weighted by Gasteiger charge is 2.40. The van der Waals surface area contributed by atoms with Crippen LogP contribution in [0.25, 0.3) is 10.9 Å². The number of aromatic amines is 1. The molecule has 140 valence electrons. The van der Waals surface area contributed by atoms with Crippen LogP contribution in [0.1, 0.15) is 37.3 Å². The van der Waals surface area contributed by atoms with Crippen LogP contribution in [0.2, 0.25) is 0 Å². The van der Waals surface area contributed by atoms with Gasteiger partial charge >= 0.3 is 6.03 Å². The Morgan fingerprint density at radius 3 is 2.88 bits per heavy atom. The Morgan fingerprint density at radius 1 is 1.38 bits per heavy atom. The zero-order chi connectivity index (χ0) is 18.4. The molecule has 26 heavy (non-hydrogen) atoms. The average molecular weight is 466 g/mol. The molecule has 1 aromatic heterocycles. The van der Waals surface area contributed by atoms with Crippen molar-refractivity contribution in [3.8, 4) is 0 Å². The van der Waals surface area contributed by atoms with Gasteiger partial charge in [0, 0.05) is 48.5 Å². The summed E-state index contributed by atoms with van der Waals surface area (Å²) in [5, 5.41) is 4.70. The number of likely N-dealkylation sites (tertiary alicyclic amines) is 1. The molecule has 2 aromatic rings. The van der Waals surface area contributed by atoms with Crippen molar-refractivity contribution in [1.82, 2.24) is 20.1 Å². The Hall–Kier alpha value is -1.28. The second kappa shape index (κ2) is 7.03. The molecule has 1 fully saturated rings. The van der Waals surface area contributed by atoms with Crippen LogP contribution >= 0.6 is 22.6 Å². The molecule has 1 saturated heterocycles. The Balaban J connectivity index is 1.63. The molecule has 2 amide bonds. The van der Waals surface area contributed by atoms with Gasteiger partial charge in [-0.1, -0.05) is 12.1 Å². The maximum absolute atomic E-state index is 12.5. The number of hydrogen-bond acceptors (Lipinski definition) is 2. The molecule has 2 heterocycles. The monoisotopic (exact) mass is 466 g/mol. The van der Waals surface area contributed by atoms with Gasteiger partial charge < -0.3 is 20.1 Å². The van der Waals surface area contributed by atoms with Crippen LogP contribution in [0.15, 0.2) is 18.2 Å². The van der Waals surface area contributed by atoms with E-state index < -0.39 is 0 Å². The van der Waals surface area contributed by atoms with Crippen LogP contribution in [0.4, 0.5) is 4.79 Å². The number of urea groups is 1. The topological polar surface area (TPSA) is 51.4 Å². The predicted octanol–water partition coefficient (Wildman–Crippen LogP) is 3.54. The molecule has 0 spiro atoms. The first-order chi connectivity index (χ1) is 12.5. The van der Waals surface area contributed by atoms with E-state index in [1.807, 2.05) is 18.7 Å². The number of carbonyl (C=O) groups is 1. The number of fused-ring (bicyclic) bond motifs is 2. The smallest absolute Gasteiger partial charge is 0.317 e. The summed E-state index contributed by atoms with van der Waals surface area (Å²) < 4.78 is 1.27. The lowest BCUT2D eigenvalue weighted by molar-refractivity contribution is 0.124. The third-order valence-electron chi connectivity index (χ3n) is 6.18. The van der Waals surface area contributed by atoms with E-state index in [1.54, 1.807) is 0 Å². The fourth-order valence-electron chi connectivity index (χ4n) is 4.87. The summed E-state index contributed by atoms with van der Waals surface area (Å²) in [6.07, 6.45) is 2.11. The Morgan fingerprint density at radius 2 is 2.15 bits per heavy atom. The van der Waals surface area contributed by atoms with Crippen molar-refractivity contribution in [2.45, 2.75) is 44.7 Å². The van der Waals surface area contributed by atoms with Crippen molar-refractivity contribution in [2.75, 3.05) is 26.7 Å². The standard InChI is InChI=1S/C20H27IN4O/c1-4-25(5-2)20(26)22-12-9-14-13-7-6-8-16-18(13)15(19(21)23-16)10-17(14)24(3)11-12/h6-8,12,14,17,23H,4-5,9-11H2,1-3H3,(H,22,26)/t12-,14?,17+/m0/s1. The summed E-state index contributed by atoms with van der Waals surface area (Å²) >= 11 is 2.43. The van der Waals surface area contributed by atoms with Gasteiger partial charge in [0.15, 0.2) is 0 Å². The van der Waals surface area contributed by atoms with Gasteiger partial charge in [-0.2, -0.15) is 0 Å². The molecule has 5 nitrogen and oxygen atoms in total. The van der Waals surface area contributed by atoms with Crippen molar-refractivity contribution in [2.24, 2.45) is 0 Å². The molecule has 0 saturated carbocycles. The maximum Gasteiger partial charge on any atom is 0.317 e. The molecule has 3 atom stereocenters. The molecule has 0 bridgehead atoms. The van der Waals surface area contributed by atoms with Crippen molar-refractivity contribution in [3.05, 3.63) is 33.0 Å². The van der Waals surface area contributed by atoms with Crippen LogP contribution in [0.5, 0.6) is 0 Å². The predicted molar refractivity (Wildman–Crippen MR) is 114 cm³/mol. The lowest BCUT2D eigenvalue weighted by Crippen LogP contribution is -2.56. The lowest BCUT2D eigenvalue weighted by Gasteiger charge is -2.46. The summed E-state index contributed by atoms with van der Waals surface area (Å²) in [6, 6.07) is 7.40. The normalized spacial score (nSPS) is 25.2. The molecule has 4 rings (SSSR count). The second-order valence-electron chi connectivity index (χ2n) is 7.56. The number of likely N-dealkylation sites (N-methyl/N-ethyl adjacent to an activating group) is 1. The number of aromatic nitrogens is 1. The minimum atomic E-state index is 0.0674. The highest BCUT2D eigenvalue weighted by Crippen LogP contribution is 2.44. The molecular formula is C20H27IN4O. The Kier molecular flexibility index (Phi) is 4.90. The van der Waals surface area contributed by atoms with Gasteiger partial charge in [-0.3, -0.25) is 0 Å². The van der Waals surface area contributed by atoms with E-state index in [1.165, 1.54) is 25.7 Å². The number of benzene rings is 1. The highest BCUT2D eigenvalue weighted by molar-refractivity contribution is 14.1. The summed E-state index contributed by atoms with van der Waals surface area (Å²) in [5.74, 6) is 0.471. The first kappa shape index (κ1) is 18.1. The summed E-state index contributed by atoms with van der Waals surface area (Å²) in [5.41, 5.74) is 4.16. The van der Waals surface area contributed by atoms with Crippen molar-refractivity contribution >= 4 is 39.5 Å². The number of carbonyl (C=O) groups excluding carboxylic acids is 1. The number of rotatable bonds is 3. The highest BCUT2D eigenvalue weighted by atomic mass is 127. The second-order valence-corrected chi connectivity index (χ2v) is 8.64. The third-order valence-corrected chi connectivity index (χ3v) is 7.10. The van der Waals surface area contributed by atoms with Crippen LogP contribution in [-0.2, 0) is 6.42 Å². The number of nitrogens with zero attached hydrogens (tertiary/aromatic N) is 2. The lowest BCUT2D eigenvalue weighted by atomic mass is 9.74. The Labute approximate surface area is 168 Å². The maximum atomic E-state index is 12.5. The van der Waals surface area contributed by atoms with Crippen molar-refractivity contribution in [1.29, 1.82) is 0 Å². The summed E-state index contributed by atoms with van der Waals surface area (Å²) in [4.78, 5) is 20.4. The SMILES string of the molecule is CCN(CC)C(=O)N[C@H]1CC2c3cccc4[nH]c(I)c(c34)C[C@H]2N(C)C1. The van der Waals surface area contributed by atoms with E-state index >= 15 is 0 Å². The number of hydrogen-bond donors (Lipinski definition) is 2. The summed E-state index contributed by atoms with van der Waals surface area (Å²) in [6.45, 7) is 6.48. The van der Waals surface area contributed by atoms with Crippen molar-refractivity contribution in [3.63, 3.8) is 0 Å². The van der Waals surface area contributed by atoms with Gasteiger partial charge in [-0.25, -0.2) is 4.79 Å². The van der Waals surface area contributed by atoms with E-state index in [2.05, 4.69) is 63.0 Å². The van der Waals surface area contributed by atoms with Crippen LogP contribution in [-0.4, -0.2) is 59.6 Å². The minimum Gasteiger partial charge on any atom is -0.350 e. The van der Waals surface area contributed by atoms with Crippen molar-refractivity contribution < 1.29 is 4.79 Å². The molecule has 6 heteroatoms. The van der Waals surface area contributed by atoms with Gasteiger partial charge in [0.05, 0.1) is 3.70 Å². The molecule has 1 aromatic carbocycles. The van der Waals surface area contributed by atoms with Gasteiger partial charge in [0.25, 0.3) is 0 Å². The van der Waals surface area contributed by atoms with Gasteiger partial charge in [-0.15, -0.1) is 0 Å². The zero-order valence-corrected chi connectivity index (χ0v) is 17.8. The number of halogens is 1. The Bertz CT molecular complexity index is 829. The summed E-state index contributed by atoms with van der Waals surface area (Å²) in [7, 11) is 2.21. The molecule has 1 aliphatic carbocycles. The quantitative estimate of drug-likeness (QED) is 0.681. The van der Waals surface area contributed by atoms with Crippen LogP contribution < -0.4 is 5.32 Å². The zero-order valence-electron chi connectivity index (χ0n) is 15.7. The van der Waals surface area contributed by atoms with Crippen LogP contribution in [0.3, 0.4) is 0 Å². The van der Waals surface area contributed by atoms with Gasteiger partial charge in [-0.05, 0) is 73.5 Å². The molecule has 2 N–H and O–H groups in total. The fourth-order valence-corrected chi connectivity index (χ4v) is 5.65. The molecule has 2 aliphatic rings. The van der Waals surface area contributed by atoms with Crippen LogP contribution in [0, 0.1) is 3.70 Å². The van der Waals surface area contributed by atoms with E-state index in [9.17, 15) is 4.79 Å².